The highest BCUT2D eigenvalue weighted by atomic mass is 19.4. The Morgan fingerprint density at radius 1 is 0.935 bits per heavy atom. The van der Waals surface area contributed by atoms with Gasteiger partial charge in [0.25, 0.3) is 0 Å². The molecule has 1 saturated carbocycles. The van der Waals surface area contributed by atoms with Crippen LogP contribution in [0.15, 0.2) is 42.7 Å². The van der Waals surface area contributed by atoms with E-state index in [-0.39, 0.29) is 0 Å². The van der Waals surface area contributed by atoms with Gasteiger partial charge < -0.3 is 4.98 Å². The highest BCUT2D eigenvalue weighted by Gasteiger charge is 2.30. The second-order valence-corrected chi connectivity index (χ2v) is 8.55. The molecule has 0 radical (unpaired) electrons. The number of alkyl halides is 3. The number of hydrogen-bond acceptors (Lipinski definition) is 2. The fourth-order valence-corrected chi connectivity index (χ4v) is 4.39. The zero-order chi connectivity index (χ0) is 21.8. The van der Waals surface area contributed by atoms with Crippen LogP contribution in [0.25, 0.3) is 11.3 Å². The number of halogens is 3. The van der Waals surface area contributed by atoms with E-state index >= 15 is 0 Å². The van der Waals surface area contributed by atoms with Crippen molar-refractivity contribution in [2.24, 2.45) is 0 Å². The number of H-pyrrole nitrogens is 1. The van der Waals surface area contributed by atoms with Crippen LogP contribution >= 0.6 is 0 Å². The smallest absolute Gasteiger partial charge is 0.342 e. The van der Waals surface area contributed by atoms with Crippen molar-refractivity contribution in [3.63, 3.8) is 0 Å². The quantitative estimate of drug-likeness (QED) is 0.445. The summed E-state index contributed by atoms with van der Waals surface area (Å²) in [4.78, 5) is 12.2. The zero-order valence-corrected chi connectivity index (χ0v) is 17.8. The fourth-order valence-electron chi connectivity index (χ4n) is 4.39. The Balaban J connectivity index is 1.41. The van der Waals surface area contributed by atoms with Gasteiger partial charge in [-0.1, -0.05) is 37.8 Å². The van der Waals surface area contributed by atoms with Gasteiger partial charge in [0, 0.05) is 17.8 Å². The lowest BCUT2D eigenvalue weighted by atomic mass is 9.99. The molecule has 3 aromatic rings. The lowest BCUT2D eigenvalue weighted by Gasteiger charge is -2.11. The van der Waals surface area contributed by atoms with Crippen LogP contribution in [-0.4, -0.2) is 15.0 Å². The standard InChI is InChI=1S/C25H28F3N3/c1-17-14-20(23-16-30-24(31-23)19-6-4-2-3-5-7-19)9-8-18(17)10-12-22-13-11-21(15-29-22)25(26,27)28/h8-9,11,13-16,19H,2-7,10,12H2,1H3,(H,30,31). The SMILES string of the molecule is Cc1cc(-c2cnc(C3CCCCCC3)[nH]2)ccc1CCc1ccc(C(F)(F)F)cn1. The minimum Gasteiger partial charge on any atom is -0.342 e. The van der Waals surface area contributed by atoms with E-state index in [4.69, 9.17) is 0 Å². The third-order valence-electron chi connectivity index (χ3n) is 6.29. The summed E-state index contributed by atoms with van der Waals surface area (Å²) in [6, 6.07) is 8.91. The number of aromatic amines is 1. The maximum Gasteiger partial charge on any atom is 0.417 e. The van der Waals surface area contributed by atoms with E-state index in [2.05, 4.69) is 40.1 Å². The molecule has 1 aliphatic carbocycles. The number of rotatable bonds is 5. The summed E-state index contributed by atoms with van der Waals surface area (Å²) < 4.78 is 38.0. The topological polar surface area (TPSA) is 41.6 Å². The van der Waals surface area contributed by atoms with Crippen molar-refractivity contribution in [1.82, 2.24) is 15.0 Å². The van der Waals surface area contributed by atoms with Gasteiger partial charge >= 0.3 is 6.18 Å². The van der Waals surface area contributed by atoms with E-state index in [1.165, 1.54) is 50.2 Å². The van der Waals surface area contributed by atoms with Gasteiger partial charge in [-0.15, -0.1) is 0 Å². The Morgan fingerprint density at radius 2 is 1.71 bits per heavy atom. The molecule has 1 N–H and O–H groups in total. The third kappa shape index (κ3) is 5.35. The molecule has 0 amide bonds. The molecule has 0 aliphatic heterocycles. The fraction of sp³-hybridized carbons (Fsp3) is 0.440. The molecule has 2 heterocycles. The van der Waals surface area contributed by atoms with Crippen LogP contribution in [0, 0.1) is 6.92 Å². The first kappa shape index (κ1) is 21.6. The van der Waals surface area contributed by atoms with Crippen molar-refractivity contribution in [2.75, 3.05) is 0 Å². The molecule has 0 bridgehead atoms. The van der Waals surface area contributed by atoms with Gasteiger partial charge in [-0.3, -0.25) is 4.98 Å². The number of imidazole rings is 1. The van der Waals surface area contributed by atoms with Crippen molar-refractivity contribution in [2.45, 2.75) is 70.4 Å². The monoisotopic (exact) mass is 427 g/mol. The van der Waals surface area contributed by atoms with Crippen molar-refractivity contribution >= 4 is 0 Å². The highest BCUT2D eigenvalue weighted by molar-refractivity contribution is 5.60. The molecule has 3 nitrogen and oxygen atoms in total. The van der Waals surface area contributed by atoms with Crippen molar-refractivity contribution in [1.29, 1.82) is 0 Å². The lowest BCUT2D eigenvalue weighted by Crippen LogP contribution is -2.06. The van der Waals surface area contributed by atoms with Gasteiger partial charge in [-0.05, 0) is 67.5 Å². The first-order valence-corrected chi connectivity index (χ1v) is 11.1. The van der Waals surface area contributed by atoms with E-state index in [1.54, 1.807) is 0 Å². The maximum absolute atomic E-state index is 12.7. The minimum absolute atomic E-state index is 0.535. The average molecular weight is 428 g/mol. The number of hydrogen-bond donors (Lipinski definition) is 1. The minimum atomic E-state index is -4.35. The largest absolute Gasteiger partial charge is 0.417 e. The third-order valence-corrected chi connectivity index (χ3v) is 6.29. The Bertz CT molecular complexity index is 998. The number of aryl methyl sites for hydroxylation is 3. The number of aromatic nitrogens is 3. The molecule has 0 spiro atoms. The molecule has 1 aliphatic rings. The molecule has 1 fully saturated rings. The summed E-state index contributed by atoms with van der Waals surface area (Å²) in [6.07, 6.45) is 7.47. The predicted molar refractivity (Wildman–Crippen MR) is 116 cm³/mol. The predicted octanol–water partition coefficient (Wildman–Crippen LogP) is 7.02. The molecule has 0 saturated heterocycles. The van der Waals surface area contributed by atoms with Crippen LogP contribution < -0.4 is 0 Å². The van der Waals surface area contributed by atoms with Crippen LogP contribution in [0.4, 0.5) is 13.2 Å². The molecule has 0 atom stereocenters. The van der Waals surface area contributed by atoms with Crippen molar-refractivity contribution < 1.29 is 13.2 Å². The summed E-state index contributed by atoms with van der Waals surface area (Å²) >= 11 is 0. The van der Waals surface area contributed by atoms with Crippen molar-refractivity contribution in [3.8, 4) is 11.3 Å². The molecule has 1 aromatic carbocycles. The van der Waals surface area contributed by atoms with Crippen LogP contribution in [0.1, 0.15) is 72.7 Å². The second kappa shape index (κ2) is 9.25. The van der Waals surface area contributed by atoms with E-state index < -0.39 is 11.7 Å². The van der Waals surface area contributed by atoms with Crippen LogP contribution in [0.2, 0.25) is 0 Å². The highest BCUT2D eigenvalue weighted by Crippen LogP contribution is 2.32. The summed E-state index contributed by atoms with van der Waals surface area (Å²) in [5, 5.41) is 0. The van der Waals surface area contributed by atoms with Crippen LogP contribution in [-0.2, 0) is 19.0 Å². The molecular weight excluding hydrogens is 399 g/mol. The molecule has 4 rings (SSSR count). The van der Waals surface area contributed by atoms with Gasteiger partial charge in [-0.25, -0.2) is 4.98 Å². The van der Waals surface area contributed by atoms with E-state index in [9.17, 15) is 13.2 Å². The zero-order valence-electron chi connectivity index (χ0n) is 17.8. The van der Waals surface area contributed by atoms with Crippen LogP contribution in [0.5, 0.6) is 0 Å². The number of pyridine rings is 1. The van der Waals surface area contributed by atoms with Gasteiger partial charge in [0.05, 0.1) is 17.5 Å². The molecular formula is C25H28F3N3. The summed E-state index contributed by atoms with van der Waals surface area (Å²) in [5.74, 6) is 1.64. The molecule has 2 aromatic heterocycles. The summed E-state index contributed by atoms with van der Waals surface area (Å²) in [6.45, 7) is 2.07. The Kier molecular flexibility index (Phi) is 6.44. The van der Waals surface area contributed by atoms with Gasteiger partial charge in [0.2, 0.25) is 0 Å². The van der Waals surface area contributed by atoms with Gasteiger partial charge in [-0.2, -0.15) is 13.2 Å². The number of nitrogens with zero attached hydrogens (tertiary/aromatic N) is 2. The van der Waals surface area contributed by atoms with E-state index in [0.29, 0.717) is 18.0 Å². The van der Waals surface area contributed by atoms with Gasteiger partial charge in [0.15, 0.2) is 0 Å². The first-order chi connectivity index (χ1) is 14.9. The molecule has 0 unspecified atom stereocenters. The lowest BCUT2D eigenvalue weighted by molar-refractivity contribution is -0.137. The molecule has 6 heteroatoms. The van der Waals surface area contributed by atoms with Crippen LogP contribution in [0.3, 0.4) is 0 Å². The Morgan fingerprint density at radius 3 is 2.35 bits per heavy atom. The van der Waals surface area contributed by atoms with E-state index in [0.717, 1.165) is 41.3 Å². The Hall–Kier alpha value is -2.63. The normalized spacial score (nSPS) is 15.7. The first-order valence-electron chi connectivity index (χ1n) is 11.1. The average Bonchev–Trinajstić information content (AvgIpc) is 3.08. The number of benzene rings is 1. The van der Waals surface area contributed by atoms with Gasteiger partial charge in [0.1, 0.15) is 5.82 Å². The number of nitrogens with one attached hydrogen (secondary N) is 1. The van der Waals surface area contributed by atoms with E-state index in [1.807, 2.05) is 6.20 Å². The Labute approximate surface area is 181 Å². The summed E-state index contributed by atoms with van der Waals surface area (Å²) in [7, 11) is 0. The van der Waals surface area contributed by atoms with Crippen molar-refractivity contribution in [3.05, 3.63) is 70.9 Å². The molecule has 164 valence electrons. The summed E-state index contributed by atoms with van der Waals surface area (Å²) in [5.41, 5.74) is 4.45. The maximum atomic E-state index is 12.7. The molecule has 31 heavy (non-hydrogen) atoms. The second-order valence-electron chi connectivity index (χ2n) is 8.55.